The fourth-order valence-electron chi connectivity index (χ4n) is 4.91. The Labute approximate surface area is 181 Å². The lowest BCUT2D eigenvalue weighted by Gasteiger charge is -2.21. The summed E-state index contributed by atoms with van der Waals surface area (Å²) in [5, 5.41) is 4.19. The molecule has 30 heavy (non-hydrogen) atoms. The van der Waals surface area contributed by atoms with Crippen molar-refractivity contribution >= 4 is 21.2 Å². The average Bonchev–Trinajstić information content (AvgIpc) is 3.18. The Morgan fingerprint density at radius 1 is 0.767 bits per heavy atom. The highest BCUT2D eigenvalue weighted by atomic mass is 32.2. The summed E-state index contributed by atoms with van der Waals surface area (Å²) in [6, 6.07) is 30.9. The Kier molecular flexibility index (Phi) is 4.84. The number of thiophene rings is 1. The SMILES string of the molecule is O=S(=O)(c1ccccc1)[C@@]1(c2ccccc2)C(Cc2ccsc2)[C@@H]1c1ccccc1. The van der Waals surface area contributed by atoms with Crippen LogP contribution in [0.2, 0.25) is 0 Å². The molecule has 0 saturated heterocycles. The molecule has 3 atom stereocenters. The Bertz CT molecular complexity index is 1220. The van der Waals surface area contributed by atoms with Gasteiger partial charge in [-0.3, -0.25) is 0 Å². The summed E-state index contributed by atoms with van der Waals surface area (Å²) in [4.78, 5) is 0.391. The van der Waals surface area contributed by atoms with Gasteiger partial charge in [0.1, 0.15) is 4.75 Å². The first-order valence-corrected chi connectivity index (χ1v) is 12.5. The van der Waals surface area contributed by atoms with Crippen LogP contribution in [0.3, 0.4) is 0 Å². The Morgan fingerprint density at radius 2 is 1.37 bits per heavy atom. The van der Waals surface area contributed by atoms with Crippen molar-refractivity contribution < 1.29 is 8.42 Å². The second-order valence-corrected chi connectivity index (χ2v) is 10.7. The van der Waals surface area contributed by atoms with Gasteiger partial charge in [0.25, 0.3) is 0 Å². The topological polar surface area (TPSA) is 34.1 Å². The van der Waals surface area contributed by atoms with Gasteiger partial charge in [-0.15, -0.1) is 0 Å². The zero-order valence-electron chi connectivity index (χ0n) is 16.4. The van der Waals surface area contributed by atoms with E-state index in [1.807, 2.05) is 54.6 Å². The summed E-state index contributed by atoms with van der Waals surface area (Å²) in [5.41, 5.74) is 3.16. The lowest BCUT2D eigenvalue weighted by molar-refractivity contribution is 0.569. The fourth-order valence-corrected chi connectivity index (χ4v) is 8.13. The summed E-state index contributed by atoms with van der Waals surface area (Å²) >= 11 is 1.66. The molecule has 1 heterocycles. The molecule has 4 heteroatoms. The van der Waals surface area contributed by atoms with E-state index in [9.17, 15) is 8.42 Å². The molecule has 0 aliphatic heterocycles. The smallest absolute Gasteiger partial charge is 0.189 e. The van der Waals surface area contributed by atoms with Crippen LogP contribution in [0.4, 0.5) is 0 Å². The van der Waals surface area contributed by atoms with Crippen LogP contribution < -0.4 is 0 Å². The van der Waals surface area contributed by atoms with Crippen molar-refractivity contribution in [3.8, 4) is 0 Å². The van der Waals surface area contributed by atoms with Crippen molar-refractivity contribution in [3.63, 3.8) is 0 Å². The van der Waals surface area contributed by atoms with Crippen molar-refractivity contribution in [2.45, 2.75) is 22.0 Å². The highest BCUT2D eigenvalue weighted by Crippen LogP contribution is 2.70. The molecule has 0 amide bonds. The first kappa shape index (κ1) is 19.3. The van der Waals surface area contributed by atoms with E-state index in [0.717, 1.165) is 17.5 Å². The minimum Gasteiger partial charge on any atom is -0.223 e. The second kappa shape index (κ2) is 7.53. The summed E-state index contributed by atoms with van der Waals surface area (Å²) in [7, 11) is -3.63. The molecule has 5 rings (SSSR count). The van der Waals surface area contributed by atoms with Gasteiger partial charge in [-0.2, -0.15) is 11.3 Å². The lowest BCUT2D eigenvalue weighted by Crippen LogP contribution is -2.25. The van der Waals surface area contributed by atoms with Crippen LogP contribution in [0, 0.1) is 5.92 Å². The summed E-state index contributed by atoms with van der Waals surface area (Å²) in [6.07, 6.45) is 0.740. The standard InChI is InChI=1S/C26H22O2S2/c27-30(28,23-14-8-3-9-15-23)26(22-12-6-2-7-13-22)24(18-20-16-17-29-19-20)25(26)21-10-4-1-5-11-21/h1-17,19,24-25H,18H2/t24?,25-,26-/m0/s1. The molecule has 3 aromatic carbocycles. The van der Waals surface area contributed by atoms with Gasteiger partial charge >= 0.3 is 0 Å². The molecule has 1 saturated carbocycles. The predicted molar refractivity (Wildman–Crippen MR) is 122 cm³/mol. The van der Waals surface area contributed by atoms with Crippen LogP contribution in [0.15, 0.2) is 113 Å². The molecular weight excluding hydrogens is 408 g/mol. The van der Waals surface area contributed by atoms with E-state index in [1.165, 1.54) is 5.56 Å². The third kappa shape index (κ3) is 2.94. The summed E-state index contributed by atoms with van der Waals surface area (Å²) in [6.45, 7) is 0. The molecule has 0 radical (unpaired) electrons. The highest BCUT2D eigenvalue weighted by Gasteiger charge is 2.73. The van der Waals surface area contributed by atoms with Crippen molar-refractivity contribution in [3.05, 3.63) is 125 Å². The van der Waals surface area contributed by atoms with Gasteiger partial charge < -0.3 is 0 Å². The van der Waals surface area contributed by atoms with Gasteiger partial charge in [0.05, 0.1) is 4.90 Å². The largest absolute Gasteiger partial charge is 0.223 e. The Balaban J connectivity index is 1.74. The quantitative estimate of drug-likeness (QED) is 0.372. The molecule has 0 N–H and O–H groups in total. The normalized spacial score (nSPS) is 23.2. The number of rotatable bonds is 6. The van der Waals surface area contributed by atoms with Crippen LogP contribution in [0.1, 0.15) is 22.6 Å². The van der Waals surface area contributed by atoms with Crippen molar-refractivity contribution in [2.24, 2.45) is 5.92 Å². The number of benzene rings is 3. The molecule has 1 aromatic heterocycles. The van der Waals surface area contributed by atoms with E-state index in [1.54, 1.807) is 35.6 Å². The maximum Gasteiger partial charge on any atom is 0.189 e. The minimum atomic E-state index is -3.63. The van der Waals surface area contributed by atoms with Crippen LogP contribution in [-0.4, -0.2) is 8.42 Å². The highest BCUT2D eigenvalue weighted by molar-refractivity contribution is 7.92. The molecule has 1 fully saturated rings. The van der Waals surface area contributed by atoms with Gasteiger partial charge in [-0.1, -0.05) is 78.9 Å². The predicted octanol–water partition coefficient (Wildman–Crippen LogP) is 6.07. The first-order chi connectivity index (χ1) is 14.7. The zero-order chi connectivity index (χ0) is 20.6. The van der Waals surface area contributed by atoms with E-state index in [4.69, 9.17) is 0 Å². The Hall–Kier alpha value is -2.69. The average molecular weight is 431 g/mol. The van der Waals surface area contributed by atoms with Crippen molar-refractivity contribution in [1.29, 1.82) is 0 Å². The minimum absolute atomic E-state index is 0.0258. The van der Waals surface area contributed by atoms with E-state index in [2.05, 4.69) is 29.0 Å². The molecular formula is C26H22O2S2. The third-order valence-electron chi connectivity index (χ3n) is 6.22. The maximum absolute atomic E-state index is 14.2. The molecule has 150 valence electrons. The lowest BCUT2D eigenvalue weighted by atomic mass is 10.0. The van der Waals surface area contributed by atoms with Gasteiger partial charge in [0.15, 0.2) is 9.84 Å². The summed E-state index contributed by atoms with van der Waals surface area (Å²) in [5.74, 6) is -0.117. The second-order valence-electron chi connectivity index (χ2n) is 7.81. The Morgan fingerprint density at radius 3 is 1.97 bits per heavy atom. The molecule has 0 bridgehead atoms. The van der Waals surface area contributed by atoms with E-state index in [-0.39, 0.29) is 11.8 Å². The van der Waals surface area contributed by atoms with Crippen LogP contribution >= 0.6 is 11.3 Å². The third-order valence-corrected chi connectivity index (χ3v) is 9.53. The van der Waals surface area contributed by atoms with E-state index >= 15 is 0 Å². The van der Waals surface area contributed by atoms with Gasteiger partial charge in [0, 0.05) is 5.92 Å². The number of sulfone groups is 1. The van der Waals surface area contributed by atoms with Crippen LogP contribution in [0.5, 0.6) is 0 Å². The fraction of sp³-hybridized carbons (Fsp3) is 0.154. The molecule has 1 unspecified atom stereocenters. The van der Waals surface area contributed by atoms with Crippen LogP contribution in [0.25, 0.3) is 0 Å². The first-order valence-electron chi connectivity index (χ1n) is 10.1. The van der Waals surface area contributed by atoms with E-state index < -0.39 is 14.6 Å². The monoisotopic (exact) mass is 430 g/mol. The molecule has 2 nitrogen and oxygen atoms in total. The molecule has 0 spiro atoms. The number of hydrogen-bond donors (Lipinski definition) is 0. The molecule has 1 aliphatic rings. The number of hydrogen-bond acceptors (Lipinski definition) is 3. The van der Waals surface area contributed by atoms with Gasteiger partial charge in [-0.25, -0.2) is 8.42 Å². The van der Waals surface area contributed by atoms with Crippen molar-refractivity contribution in [1.82, 2.24) is 0 Å². The van der Waals surface area contributed by atoms with Gasteiger partial charge in [0.2, 0.25) is 0 Å². The molecule has 1 aliphatic carbocycles. The van der Waals surface area contributed by atoms with Crippen molar-refractivity contribution in [2.75, 3.05) is 0 Å². The summed E-state index contributed by atoms with van der Waals surface area (Å²) < 4.78 is 27.5. The van der Waals surface area contributed by atoms with Gasteiger partial charge in [-0.05, 0) is 58.0 Å². The van der Waals surface area contributed by atoms with Crippen LogP contribution in [-0.2, 0) is 21.0 Å². The van der Waals surface area contributed by atoms with E-state index in [0.29, 0.717) is 4.90 Å². The zero-order valence-corrected chi connectivity index (χ0v) is 18.0. The molecule has 4 aromatic rings. The maximum atomic E-state index is 14.2.